The molecule has 5 aromatic rings. The summed E-state index contributed by atoms with van der Waals surface area (Å²) in [5.41, 5.74) is 4.49. The number of thioether (sulfide) groups is 1. The first kappa shape index (κ1) is 19.1. The van der Waals surface area contributed by atoms with Crippen molar-refractivity contribution in [3.8, 4) is 17.1 Å². The van der Waals surface area contributed by atoms with E-state index < -0.39 is 0 Å². The second-order valence-electron chi connectivity index (χ2n) is 6.79. The van der Waals surface area contributed by atoms with Gasteiger partial charge in [0.15, 0.2) is 11.0 Å². The van der Waals surface area contributed by atoms with Crippen LogP contribution in [-0.4, -0.2) is 30.5 Å². The first-order valence-corrected chi connectivity index (χ1v) is 11.4. The van der Waals surface area contributed by atoms with E-state index in [-0.39, 0.29) is 0 Å². The third-order valence-electron chi connectivity index (χ3n) is 4.94. The maximum absolute atomic E-state index is 4.52. The average Bonchev–Trinajstić information content (AvgIpc) is 3.39. The van der Waals surface area contributed by atoms with Crippen molar-refractivity contribution in [2.24, 2.45) is 0 Å². The number of nitrogens with one attached hydrogen (secondary N) is 1. The molecule has 0 unspecified atom stereocenters. The Morgan fingerprint density at radius 3 is 2.60 bits per heavy atom. The Morgan fingerprint density at radius 1 is 0.933 bits per heavy atom. The molecule has 0 atom stereocenters. The molecule has 0 radical (unpaired) electrons. The Hall–Kier alpha value is -2.90. The zero-order chi connectivity index (χ0) is 20.3. The second kappa shape index (κ2) is 8.45. The normalized spacial score (nSPS) is 11.2. The molecule has 5 rings (SSSR count). The van der Waals surface area contributed by atoms with Crippen LogP contribution in [0.25, 0.3) is 28.0 Å². The van der Waals surface area contributed by atoms with Gasteiger partial charge in [-0.2, -0.15) is 0 Å². The van der Waals surface area contributed by atoms with Crippen LogP contribution in [0.3, 0.4) is 0 Å². The molecule has 0 aliphatic rings. The summed E-state index contributed by atoms with van der Waals surface area (Å²) >= 11 is 5.40. The quantitative estimate of drug-likeness (QED) is 0.310. The van der Waals surface area contributed by atoms with Gasteiger partial charge in [-0.3, -0.25) is 9.55 Å². The van der Waals surface area contributed by atoms with E-state index in [0.717, 1.165) is 38.9 Å². The lowest BCUT2D eigenvalue weighted by Crippen LogP contribution is -2.01. The van der Waals surface area contributed by atoms with E-state index in [2.05, 4.69) is 77.2 Å². The Morgan fingerprint density at radius 2 is 1.73 bits per heavy atom. The molecule has 0 bridgehead atoms. The summed E-state index contributed by atoms with van der Waals surface area (Å²) in [4.78, 5) is 7.48. The summed E-state index contributed by atoms with van der Waals surface area (Å²) in [6.45, 7) is 0. The predicted molar refractivity (Wildman–Crippen MR) is 125 cm³/mol. The maximum Gasteiger partial charge on any atom is 0.196 e. The third kappa shape index (κ3) is 3.66. The number of nitrogens with zero attached hydrogens (tertiary/aromatic N) is 4. The van der Waals surface area contributed by atoms with Gasteiger partial charge >= 0.3 is 0 Å². The number of hydrogen-bond donors (Lipinski definition) is 1. The number of H-pyrrole nitrogens is 1. The van der Waals surface area contributed by atoms with Gasteiger partial charge in [0.2, 0.25) is 0 Å². The number of halogens is 1. The number of fused-ring (bicyclic) bond motifs is 1. The van der Waals surface area contributed by atoms with Gasteiger partial charge in [-0.05, 0) is 58.2 Å². The zero-order valence-corrected chi connectivity index (χ0v) is 18.4. The molecule has 3 heterocycles. The minimum Gasteiger partial charge on any atom is -0.361 e. The molecule has 0 aliphatic heterocycles. The first-order valence-electron chi connectivity index (χ1n) is 9.60. The first-order chi connectivity index (χ1) is 14.8. The topological polar surface area (TPSA) is 59.4 Å². The van der Waals surface area contributed by atoms with Crippen molar-refractivity contribution in [3.05, 3.63) is 89.3 Å². The number of pyridine rings is 1. The molecule has 148 valence electrons. The van der Waals surface area contributed by atoms with E-state index in [9.17, 15) is 0 Å². The third-order valence-corrected chi connectivity index (χ3v) is 6.54. The van der Waals surface area contributed by atoms with Crippen molar-refractivity contribution in [1.82, 2.24) is 24.7 Å². The molecule has 0 spiro atoms. The molecule has 0 aliphatic carbocycles. The number of aromatic nitrogens is 5. The van der Waals surface area contributed by atoms with Gasteiger partial charge in [-0.1, -0.05) is 42.1 Å². The van der Waals surface area contributed by atoms with Crippen LogP contribution in [-0.2, 0) is 6.42 Å². The molecule has 7 heteroatoms. The van der Waals surface area contributed by atoms with Crippen LogP contribution < -0.4 is 0 Å². The molecule has 2 aromatic carbocycles. The van der Waals surface area contributed by atoms with Crippen molar-refractivity contribution < 1.29 is 0 Å². The number of aromatic amines is 1. The molecule has 0 amide bonds. The van der Waals surface area contributed by atoms with Crippen LogP contribution in [0.1, 0.15) is 5.56 Å². The van der Waals surface area contributed by atoms with Crippen LogP contribution >= 0.6 is 27.7 Å². The smallest absolute Gasteiger partial charge is 0.196 e. The van der Waals surface area contributed by atoms with Gasteiger partial charge in [0.05, 0.1) is 5.69 Å². The van der Waals surface area contributed by atoms with Gasteiger partial charge in [-0.15, -0.1) is 10.2 Å². The van der Waals surface area contributed by atoms with Crippen molar-refractivity contribution >= 4 is 38.6 Å². The molecule has 3 aromatic heterocycles. The Balaban J connectivity index is 1.46. The summed E-state index contributed by atoms with van der Waals surface area (Å²) < 4.78 is 3.11. The molecular formula is C23H18BrN5S. The molecule has 30 heavy (non-hydrogen) atoms. The average molecular weight is 476 g/mol. The van der Waals surface area contributed by atoms with Crippen molar-refractivity contribution in [1.29, 1.82) is 0 Å². The lowest BCUT2D eigenvalue weighted by Gasteiger charge is -2.12. The van der Waals surface area contributed by atoms with E-state index in [4.69, 9.17) is 0 Å². The largest absolute Gasteiger partial charge is 0.361 e. The van der Waals surface area contributed by atoms with E-state index in [1.54, 1.807) is 24.2 Å². The van der Waals surface area contributed by atoms with E-state index in [0.29, 0.717) is 0 Å². The number of aryl methyl sites for hydroxylation is 1. The molecular weight excluding hydrogens is 458 g/mol. The highest BCUT2D eigenvalue weighted by Crippen LogP contribution is 2.32. The van der Waals surface area contributed by atoms with E-state index in [1.165, 1.54) is 16.5 Å². The molecule has 1 N–H and O–H groups in total. The Labute approximate surface area is 186 Å². The van der Waals surface area contributed by atoms with Crippen LogP contribution in [0.2, 0.25) is 0 Å². The predicted octanol–water partition coefficient (Wildman–Crippen LogP) is 5.91. The monoisotopic (exact) mass is 475 g/mol. The zero-order valence-electron chi connectivity index (χ0n) is 16.0. The second-order valence-corrected chi connectivity index (χ2v) is 8.70. The minimum atomic E-state index is 0.805. The minimum absolute atomic E-state index is 0.805. The Bertz CT molecular complexity index is 1300. The molecule has 0 saturated heterocycles. The number of rotatable bonds is 6. The summed E-state index contributed by atoms with van der Waals surface area (Å²) in [5.74, 6) is 1.71. The van der Waals surface area contributed by atoms with Crippen molar-refractivity contribution in [3.63, 3.8) is 0 Å². The van der Waals surface area contributed by atoms with Crippen molar-refractivity contribution in [2.45, 2.75) is 11.6 Å². The van der Waals surface area contributed by atoms with Crippen LogP contribution in [0.5, 0.6) is 0 Å². The highest BCUT2D eigenvalue weighted by Gasteiger charge is 2.18. The Kier molecular flexibility index (Phi) is 5.38. The lowest BCUT2D eigenvalue weighted by atomic mass is 10.1. The van der Waals surface area contributed by atoms with Gasteiger partial charge in [-0.25, -0.2) is 0 Å². The number of para-hydroxylation sites is 2. The summed E-state index contributed by atoms with van der Waals surface area (Å²) in [5, 5.41) is 11.2. The van der Waals surface area contributed by atoms with Gasteiger partial charge in [0, 0.05) is 45.3 Å². The van der Waals surface area contributed by atoms with E-state index >= 15 is 0 Å². The van der Waals surface area contributed by atoms with Crippen molar-refractivity contribution in [2.75, 3.05) is 5.75 Å². The fourth-order valence-electron chi connectivity index (χ4n) is 3.49. The summed E-state index contributed by atoms with van der Waals surface area (Å²) in [6, 6.07) is 20.5. The number of benzene rings is 2. The fraction of sp³-hybridized carbons (Fsp3) is 0.0870. The lowest BCUT2D eigenvalue weighted by molar-refractivity contribution is 0.882. The van der Waals surface area contributed by atoms with Crippen LogP contribution in [0.4, 0.5) is 0 Å². The fourth-order valence-corrected chi connectivity index (χ4v) is 4.87. The molecule has 0 fully saturated rings. The molecule has 0 saturated carbocycles. The number of hydrogen-bond acceptors (Lipinski definition) is 4. The van der Waals surface area contributed by atoms with Gasteiger partial charge in [0.25, 0.3) is 0 Å². The standard InChI is InChI=1S/C23H18BrN5S/c24-19-6-2-4-8-21(19)29-22(16-9-12-25-13-10-16)27-28-23(29)30-14-11-17-15-26-20-7-3-1-5-18(17)20/h1-10,12-13,15,26H,11,14H2. The molecule has 5 nitrogen and oxygen atoms in total. The summed E-state index contributed by atoms with van der Waals surface area (Å²) in [6.07, 6.45) is 6.60. The van der Waals surface area contributed by atoms with E-state index in [1.807, 2.05) is 30.3 Å². The van der Waals surface area contributed by atoms with Gasteiger partial charge < -0.3 is 4.98 Å². The SMILES string of the molecule is Brc1ccccc1-n1c(SCCc2c[nH]c3ccccc23)nnc1-c1ccncc1. The van der Waals surface area contributed by atoms with Gasteiger partial charge in [0.1, 0.15) is 0 Å². The summed E-state index contributed by atoms with van der Waals surface area (Å²) in [7, 11) is 0. The highest BCUT2D eigenvalue weighted by molar-refractivity contribution is 9.10. The van der Waals surface area contributed by atoms with Crippen LogP contribution in [0.15, 0.2) is 88.9 Å². The highest BCUT2D eigenvalue weighted by atomic mass is 79.9. The maximum atomic E-state index is 4.52. The van der Waals surface area contributed by atoms with Crippen LogP contribution in [0, 0.1) is 0 Å².